The predicted molar refractivity (Wildman–Crippen MR) is 108 cm³/mol. The smallest absolute Gasteiger partial charge is 0.253 e. The lowest BCUT2D eigenvalue weighted by Gasteiger charge is -2.35. The lowest BCUT2D eigenvalue weighted by molar-refractivity contribution is 0.0746. The number of piperazine rings is 1. The van der Waals surface area contributed by atoms with Gasteiger partial charge in [-0.2, -0.15) is 10.2 Å². The number of amides is 1. The summed E-state index contributed by atoms with van der Waals surface area (Å²) in [6, 6.07) is 9.41. The monoisotopic (exact) mass is 388 g/mol. The van der Waals surface area contributed by atoms with Crippen molar-refractivity contribution < 1.29 is 4.79 Å². The minimum absolute atomic E-state index is 0.0471. The Morgan fingerprint density at radius 3 is 2.52 bits per heavy atom. The summed E-state index contributed by atoms with van der Waals surface area (Å²) in [6.07, 6.45) is 6.97. The zero-order valence-electron chi connectivity index (χ0n) is 16.0. The Hall–Kier alpha value is -3.75. The third-order valence-corrected chi connectivity index (χ3v) is 5.26. The summed E-state index contributed by atoms with van der Waals surface area (Å²) in [5, 5.41) is 9.42. The number of carbonyl (C=O) groups excluding carboxylic acids is 1. The van der Waals surface area contributed by atoms with Gasteiger partial charge in [0.05, 0.1) is 17.3 Å². The number of fused-ring (bicyclic) bond motifs is 1. The highest BCUT2D eigenvalue weighted by molar-refractivity contribution is 5.94. The first kappa shape index (κ1) is 17.4. The van der Waals surface area contributed by atoms with Gasteiger partial charge < -0.3 is 9.80 Å². The van der Waals surface area contributed by atoms with Crippen LogP contribution < -0.4 is 4.90 Å². The molecular weight excluding hydrogens is 368 g/mol. The van der Waals surface area contributed by atoms with Gasteiger partial charge in [0, 0.05) is 51.2 Å². The van der Waals surface area contributed by atoms with E-state index in [9.17, 15) is 4.79 Å². The van der Waals surface area contributed by atoms with E-state index in [-0.39, 0.29) is 5.91 Å². The molecule has 9 heteroatoms. The quantitative estimate of drug-likeness (QED) is 0.529. The van der Waals surface area contributed by atoms with Gasteiger partial charge in [-0.1, -0.05) is 0 Å². The molecule has 29 heavy (non-hydrogen) atoms. The van der Waals surface area contributed by atoms with Crippen molar-refractivity contribution in [3.05, 3.63) is 60.8 Å². The zero-order valence-corrected chi connectivity index (χ0v) is 16.0. The van der Waals surface area contributed by atoms with Crippen molar-refractivity contribution in [2.45, 2.75) is 0 Å². The third-order valence-electron chi connectivity index (χ3n) is 5.26. The number of hydrogen-bond acceptors (Lipinski definition) is 6. The molecule has 0 bridgehead atoms. The van der Waals surface area contributed by atoms with Crippen LogP contribution in [0.1, 0.15) is 10.4 Å². The van der Waals surface area contributed by atoms with Crippen molar-refractivity contribution >= 4 is 22.8 Å². The summed E-state index contributed by atoms with van der Waals surface area (Å²) in [5.41, 5.74) is 2.43. The van der Waals surface area contributed by atoms with Gasteiger partial charge in [-0.25, -0.2) is 14.6 Å². The molecular formula is C20H20N8O. The highest BCUT2D eigenvalue weighted by Crippen LogP contribution is 2.23. The molecule has 5 rings (SSSR count). The Bertz CT molecular complexity index is 1140. The Labute approximate surface area is 167 Å². The van der Waals surface area contributed by atoms with Crippen LogP contribution >= 0.6 is 0 Å². The van der Waals surface area contributed by atoms with E-state index in [1.807, 2.05) is 48.5 Å². The SMILES string of the molecule is Cn1ncc2c(N3CCN(C(=O)c4ccc(-n5cccn5)cc4)CC3)ncnc21. The summed E-state index contributed by atoms with van der Waals surface area (Å²) < 4.78 is 3.52. The predicted octanol–water partition coefficient (Wildman–Crippen LogP) is 1.51. The van der Waals surface area contributed by atoms with Gasteiger partial charge in [-0.05, 0) is 30.3 Å². The van der Waals surface area contributed by atoms with Crippen LogP contribution in [0.4, 0.5) is 5.82 Å². The Morgan fingerprint density at radius 1 is 1.00 bits per heavy atom. The van der Waals surface area contributed by atoms with Gasteiger partial charge in [0.15, 0.2) is 5.65 Å². The number of nitrogens with zero attached hydrogens (tertiary/aromatic N) is 8. The van der Waals surface area contributed by atoms with E-state index in [1.54, 1.807) is 28.1 Å². The normalized spacial score (nSPS) is 14.5. The van der Waals surface area contributed by atoms with Crippen LogP contribution in [-0.2, 0) is 7.05 Å². The van der Waals surface area contributed by atoms with Crippen LogP contribution in [0.2, 0.25) is 0 Å². The fraction of sp³-hybridized carbons (Fsp3) is 0.250. The minimum Gasteiger partial charge on any atom is -0.352 e. The molecule has 1 aromatic carbocycles. The van der Waals surface area contributed by atoms with E-state index in [2.05, 4.69) is 25.1 Å². The van der Waals surface area contributed by atoms with Crippen LogP contribution in [0.25, 0.3) is 16.7 Å². The van der Waals surface area contributed by atoms with Crippen molar-refractivity contribution in [1.82, 2.24) is 34.4 Å². The van der Waals surface area contributed by atoms with Crippen LogP contribution in [0, 0.1) is 0 Å². The number of aryl methyl sites for hydroxylation is 1. The standard InChI is InChI=1S/C20H20N8O/c1-25-18-17(13-24-25)19(22-14-21-18)26-9-11-27(12-10-26)20(29)15-3-5-16(6-4-15)28-8-2-7-23-28/h2-8,13-14H,9-12H2,1H3. The van der Waals surface area contributed by atoms with E-state index in [1.165, 1.54) is 0 Å². The molecule has 3 aromatic heterocycles. The maximum absolute atomic E-state index is 12.9. The average Bonchev–Trinajstić information content (AvgIpc) is 3.44. The van der Waals surface area contributed by atoms with Crippen molar-refractivity contribution in [2.75, 3.05) is 31.1 Å². The molecule has 0 aliphatic carbocycles. The number of aromatic nitrogens is 6. The molecule has 4 heterocycles. The van der Waals surface area contributed by atoms with E-state index in [0.29, 0.717) is 18.7 Å². The first-order valence-electron chi connectivity index (χ1n) is 9.48. The third kappa shape index (κ3) is 3.10. The molecule has 4 aromatic rings. The highest BCUT2D eigenvalue weighted by Gasteiger charge is 2.24. The molecule has 1 fully saturated rings. The highest BCUT2D eigenvalue weighted by atomic mass is 16.2. The summed E-state index contributed by atoms with van der Waals surface area (Å²) in [7, 11) is 1.87. The van der Waals surface area contributed by atoms with Crippen molar-refractivity contribution in [3.8, 4) is 5.69 Å². The maximum Gasteiger partial charge on any atom is 0.253 e. The number of carbonyl (C=O) groups is 1. The van der Waals surface area contributed by atoms with E-state index >= 15 is 0 Å². The fourth-order valence-corrected chi connectivity index (χ4v) is 3.68. The molecule has 0 unspecified atom stereocenters. The first-order chi connectivity index (χ1) is 14.2. The summed E-state index contributed by atoms with van der Waals surface area (Å²) >= 11 is 0. The maximum atomic E-state index is 12.9. The van der Waals surface area contributed by atoms with E-state index in [0.717, 1.165) is 35.6 Å². The molecule has 0 atom stereocenters. The second kappa shape index (κ2) is 7.01. The van der Waals surface area contributed by atoms with Gasteiger partial charge in [-0.3, -0.25) is 9.48 Å². The number of benzene rings is 1. The minimum atomic E-state index is 0.0471. The molecule has 0 saturated carbocycles. The van der Waals surface area contributed by atoms with Crippen molar-refractivity contribution in [2.24, 2.45) is 7.05 Å². The Balaban J connectivity index is 1.28. The van der Waals surface area contributed by atoms with Gasteiger partial charge in [0.25, 0.3) is 5.91 Å². The average molecular weight is 388 g/mol. The summed E-state index contributed by atoms with van der Waals surface area (Å²) in [4.78, 5) is 25.7. The van der Waals surface area contributed by atoms with Crippen LogP contribution in [0.15, 0.2) is 55.2 Å². The molecule has 0 spiro atoms. The molecule has 1 aliphatic rings. The zero-order chi connectivity index (χ0) is 19.8. The topological polar surface area (TPSA) is 85.0 Å². The fourth-order valence-electron chi connectivity index (χ4n) is 3.68. The summed E-state index contributed by atoms with van der Waals surface area (Å²) in [6.45, 7) is 2.73. The molecule has 0 N–H and O–H groups in total. The van der Waals surface area contributed by atoms with Crippen molar-refractivity contribution in [3.63, 3.8) is 0 Å². The van der Waals surface area contributed by atoms with Gasteiger partial charge >= 0.3 is 0 Å². The van der Waals surface area contributed by atoms with E-state index < -0.39 is 0 Å². The Morgan fingerprint density at radius 2 is 1.79 bits per heavy atom. The summed E-state index contributed by atoms with van der Waals surface area (Å²) in [5.74, 6) is 0.921. The second-order valence-corrected chi connectivity index (χ2v) is 6.98. The number of rotatable bonds is 3. The lowest BCUT2D eigenvalue weighted by Crippen LogP contribution is -2.49. The van der Waals surface area contributed by atoms with Crippen LogP contribution in [-0.4, -0.2) is 66.5 Å². The molecule has 0 radical (unpaired) electrons. The van der Waals surface area contributed by atoms with Crippen LogP contribution in [0.3, 0.4) is 0 Å². The second-order valence-electron chi connectivity index (χ2n) is 6.98. The largest absolute Gasteiger partial charge is 0.352 e. The number of hydrogen-bond donors (Lipinski definition) is 0. The molecule has 1 amide bonds. The van der Waals surface area contributed by atoms with Gasteiger partial charge in [0.1, 0.15) is 12.1 Å². The van der Waals surface area contributed by atoms with Gasteiger partial charge in [0.2, 0.25) is 0 Å². The molecule has 9 nitrogen and oxygen atoms in total. The lowest BCUT2D eigenvalue weighted by atomic mass is 10.1. The Kier molecular flexibility index (Phi) is 4.19. The molecule has 146 valence electrons. The first-order valence-corrected chi connectivity index (χ1v) is 9.48. The molecule has 1 aliphatic heterocycles. The van der Waals surface area contributed by atoms with Gasteiger partial charge in [-0.15, -0.1) is 0 Å². The van der Waals surface area contributed by atoms with E-state index in [4.69, 9.17) is 0 Å². The van der Waals surface area contributed by atoms with Crippen molar-refractivity contribution in [1.29, 1.82) is 0 Å². The number of anilines is 1. The van der Waals surface area contributed by atoms with Crippen LogP contribution in [0.5, 0.6) is 0 Å². The molecule has 1 saturated heterocycles.